The number of nitrogens with zero attached hydrogens (tertiary/aromatic N) is 2. The number of nitrogens with one attached hydrogen (secondary N) is 3. The SMILES string of the molecule is Cn1c(C(=O)N[C@@H]2CCOC[C@@H]2NC(=O)c2cc(C(N)=O)n[nH]2)cc2sccc21. The quantitative estimate of drug-likeness (QED) is 0.475. The van der Waals surface area contributed by atoms with Crippen LogP contribution in [0.4, 0.5) is 0 Å². The van der Waals surface area contributed by atoms with Gasteiger partial charge in [0, 0.05) is 19.7 Å². The third kappa shape index (κ3) is 3.74. The molecule has 4 rings (SSSR count). The zero-order valence-electron chi connectivity index (χ0n) is 15.6. The summed E-state index contributed by atoms with van der Waals surface area (Å²) in [7, 11) is 1.85. The van der Waals surface area contributed by atoms with Gasteiger partial charge in [-0.1, -0.05) is 0 Å². The summed E-state index contributed by atoms with van der Waals surface area (Å²) in [6.45, 7) is 0.741. The van der Waals surface area contributed by atoms with Gasteiger partial charge in [-0.25, -0.2) is 0 Å². The van der Waals surface area contributed by atoms with E-state index in [0.29, 0.717) is 18.7 Å². The molecular formula is C18H20N6O4S. The highest BCUT2D eigenvalue weighted by Crippen LogP contribution is 2.24. The van der Waals surface area contributed by atoms with Crippen molar-refractivity contribution in [1.82, 2.24) is 25.4 Å². The van der Waals surface area contributed by atoms with E-state index in [9.17, 15) is 14.4 Å². The predicted molar refractivity (Wildman–Crippen MR) is 106 cm³/mol. The van der Waals surface area contributed by atoms with Crippen LogP contribution in [0, 0.1) is 0 Å². The highest BCUT2D eigenvalue weighted by atomic mass is 32.1. The first kappa shape index (κ1) is 19.2. The van der Waals surface area contributed by atoms with Crippen LogP contribution in [-0.4, -0.2) is 57.8 Å². The van der Waals surface area contributed by atoms with E-state index in [1.54, 1.807) is 11.3 Å². The first-order valence-electron chi connectivity index (χ1n) is 9.01. The van der Waals surface area contributed by atoms with Crippen LogP contribution in [0.25, 0.3) is 10.2 Å². The summed E-state index contributed by atoms with van der Waals surface area (Å²) in [5.41, 5.74) is 6.80. The molecule has 3 aromatic rings. The van der Waals surface area contributed by atoms with Gasteiger partial charge in [-0.05, 0) is 23.9 Å². The number of hydrogen-bond donors (Lipinski definition) is 4. The van der Waals surface area contributed by atoms with Crippen molar-refractivity contribution in [1.29, 1.82) is 0 Å². The highest BCUT2D eigenvalue weighted by Gasteiger charge is 2.30. The molecule has 0 unspecified atom stereocenters. The monoisotopic (exact) mass is 416 g/mol. The largest absolute Gasteiger partial charge is 0.379 e. The summed E-state index contributed by atoms with van der Waals surface area (Å²) in [5.74, 6) is -1.40. The number of primary amides is 1. The second-order valence-corrected chi connectivity index (χ2v) is 7.76. The van der Waals surface area contributed by atoms with Gasteiger partial charge in [0.15, 0.2) is 5.69 Å². The van der Waals surface area contributed by atoms with E-state index in [0.717, 1.165) is 10.2 Å². The number of ether oxygens (including phenoxy) is 1. The maximum atomic E-state index is 12.8. The summed E-state index contributed by atoms with van der Waals surface area (Å²) in [6, 6.07) is 4.39. The number of thiophene rings is 1. The average molecular weight is 416 g/mol. The van der Waals surface area contributed by atoms with Crippen molar-refractivity contribution in [3.8, 4) is 0 Å². The smallest absolute Gasteiger partial charge is 0.269 e. The van der Waals surface area contributed by atoms with Crippen LogP contribution in [0.3, 0.4) is 0 Å². The number of nitrogens with two attached hydrogens (primary N) is 1. The minimum Gasteiger partial charge on any atom is -0.379 e. The van der Waals surface area contributed by atoms with Crippen LogP contribution in [-0.2, 0) is 11.8 Å². The van der Waals surface area contributed by atoms with Crippen molar-refractivity contribution in [3.63, 3.8) is 0 Å². The van der Waals surface area contributed by atoms with Gasteiger partial charge in [-0.15, -0.1) is 11.3 Å². The Morgan fingerprint density at radius 1 is 1.28 bits per heavy atom. The maximum absolute atomic E-state index is 12.8. The van der Waals surface area contributed by atoms with Crippen LogP contribution < -0.4 is 16.4 Å². The van der Waals surface area contributed by atoms with E-state index in [1.165, 1.54) is 6.07 Å². The van der Waals surface area contributed by atoms with Gasteiger partial charge in [0.1, 0.15) is 11.4 Å². The van der Waals surface area contributed by atoms with Crippen LogP contribution in [0.15, 0.2) is 23.6 Å². The molecule has 5 N–H and O–H groups in total. The predicted octanol–water partition coefficient (Wildman–Crippen LogP) is 0.379. The number of H-pyrrole nitrogens is 1. The minimum absolute atomic E-state index is 0.0245. The molecule has 11 heteroatoms. The van der Waals surface area contributed by atoms with Gasteiger partial charge >= 0.3 is 0 Å². The Kier molecular flexibility index (Phi) is 5.07. The lowest BCUT2D eigenvalue weighted by Crippen LogP contribution is -2.56. The van der Waals surface area contributed by atoms with Crippen molar-refractivity contribution in [2.45, 2.75) is 18.5 Å². The Balaban J connectivity index is 1.46. The molecule has 1 saturated heterocycles. The molecule has 152 valence electrons. The molecule has 0 radical (unpaired) electrons. The number of carbonyl (C=O) groups excluding carboxylic acids is 3. The van der Waals surface area contributed by atoms with Crippen molar-refractivity contribution < 1.29 is 19.1 Å². The normalized spacial score (nSPS) is 19.2. The van der Waals surface area contributed by atoms with Gasteiger partial charge in [0.25, 0.3) is 17.7 Å². The lowest BCUT2D eigenvalue weighted by Gasteiger charge is -2.32. The molecule has 3 amide bonds. The molecule has 10 nitrogen and oxygen atoms in total. The van der Waals surface area contributed by atoms with Crippen molar-refractivity contribution in [2.24, 2.45) is 12.8 Å². The maximum Gasteiger partial charge on any atom is 0.269 e. The van der Waals surface area contributed by atoms with E-state index in [-0.39, 0.29) is 29.9 Å². The van der Waals surface area contributed by atoms with Crippen LogP contribution in [0.2, 0.25) is 0 Å². The topological polar surface area (TPSA) is 144 Å². The number of aromatic amines is 1. The Morgan fingerprint density at radius 3 is 2.79 bits per heavy atom. The number of aromatic nitrogens is 3. The van der Waals surface area contributed by atoms with Crippen LogP contribution in [0.5, 0.6) is 0 Å². The Hall–Kier alpha value is -3.18. The number of amides is 3. The second kappa shape index (κ2) is 7.68. The Bertz CT molecular complexity index is 1080. The van der Waals surface area contributed by atoms with E-state index < -0.39 is 17.9 Å². The van der Waals surface area contributed by atoms with Crippen LogP contribution >= 0.6 is 11.3 Å². The van der Waals surface area contributed by atoms with E-state index in [2.05, 4.69) is 20.8 Å². The molecule has 4 heterocycles. The second-order valence-electron chi connectivity index (χ2n) is 6.81. The molecule has 1 fully saturated rings. The number of carbonyl (C=O) groups is 3. The molecular weight excluding hydrogens is 396 g/mol. The van der Waals surface area contributed by atoms with Crippen LogP contribution in [0.1, 0.15) is 37.9 Å². The van der Waals surface area contributed by atoms with E-state index >= 15 is 0 Å². The van der Waals surface area contributed by atoms with Gasteiger partial charge in [0.2, 0.25) is 0 Å². The van der Waals surface area contributed by atoms with Gasteiger partial charge in [0.05, 0.1) is 28.9 Å². The number of hydrogen-bond acceptors (Lipinski definition) is 6. The minimum atomic E-state index is -0.728. The third-order valence-electron chi connectivity index (χ3n) is 4.96. The van der Waals surface area contributed by atoms with Gasteiger partial charge in [-0.2, -0.15) is 5.10 Å². The molecule has 0 spiro atoms. The zero-order chi connectivity index (χ0) is 20.5. The standard InChI is InChI=1S/C18H20N6O4S/c1-24-13-3-5-29-15(13)7-14(24)18(27)20-9-2-4-28-8-12(9)21-17(26)11-6-10(16(19)25)22-23-11/h3,5-7,9,12H,2,4,8H2,1H3,(H2,19,25)(H,20,27)(H,21,26)(H,22,23)/t9-,12+/m1/s1. The van der Waals surface area contributed by atoms with Crippen molar-refractivity contribution in [3.05, 3.63) is 40.7 Å². The lowest BCUT2D eigenvalue weighted by molar-refractivity contribution is 0.0433. The molecule has 0 aromatic carbocycles. The Morgan fingerprint density at radius 2 is 2.07 bits per heavy atom. The summed E-state index contributed by atoms with van der Waals surface area (Å²) in [4.78, 5) is 36.5. The average Bonchev–Trinajstić information content (AvgIpc) is 3.41. The molecule has 2 atom stereocenters. The lowest BCUT2D eigenvalue weighted by atomic mass is 10.0. The van der Waals surface area contributed by atoms with Crippen molar-refractivity contribution >= 4 is 39.3 Å². The van der Waals surface area contributed by atoms with Crippen molar-refractivity contribution in [2.75, 3.05) is 13.2 Å². The first-order valence-corrected chi connectivity index (χ1v) is 9.89. The number of aryl methyl sites for hydroxylation is 1. The van der Waals surface area contributed by atoms with E-state index in [4.69, 9.17) is 10.5 Å². The molecule has 0 bridgehead atoms. The highest BCUT2D eigenvalue weighted by molar-refractivity contribution is 7.17. The molecule has 29 heavy (non-hydrogen) atoms. The molecule has 1 aliphatic heterocycles. The van der Waals surface area contributed by atoms with Gasteiger partial charge < -0.3 is 25.7 Å². The number of fused-ring (bicyclic) bond motifs is 1. The fourth-order valence-electron chi connectivity index (χ4n) is 3.37. The number of rotatable bonds is 5. The molecule has 1 aliphatic rings. The summed E-state index contributed by atoms with van der Waals surface area (Å²) in [6.07, 6.45) is 0.561. The zero-order valence-corrected chi connectivity index (χ0v) is 16.4. The Labute approximate surface area is 169 Å². The third-order valence-corrected chi connectivity index (χ3v) is 5.81. The summed E-state index contributed by atoms with van der Waals surface area (Å²) >= 11 is 1.58. The molecule has 0 aliphatic carbocycles. The fraction of sp³-hybridized carbons (Fsp3) is 0.333. The summed E-state index contributed by atoms with van der Waals surface area (Å²) < 4.78 is 8.36. The first-order chi connectivity index (χ1) is 13.9. The molecule has 3 aromatic heterocycles. The fourth-order valence-corrected chi connectivity index (χ4v) is 4.22. The summed E-state index contributed by atoms with van der Waals surface area (Å²) in [5, 5.41) is 14.0. The molecule has 0 saturated carbocycles. The van der Waals surface area contributed by atoms with E-state index in [1.807, 2.05) is 29.1 Å². The van der Waals surface area contributed by atoms with Gasteiger partial charge in [-0.3, -0.25) is 19.5 Å².